The van der Waals surface area contributed by atoms with Crippen molar-refractivity contribution in [2.45, 2.75) is 64.7 Å². The van der Waals surface area contributed by atoms with Crippen molar-refractivity contribution in [3.05, 3.63) is 19.1 Å². The van der Waals surface area contributed by atoms with E-state index in [9.17, 15) is 0 Å². The molecule has 0 heterocycles. The van der Waals surface area contributed by atoms with Crippen LogP contribution in [0, 0.1) is 6.92 Å². The molecule has 0 rings (SSSR count). The van der Waals surface area contributed by atoms with Crippen LogP contribution in [0.4, 0.5) is 0 Å². The van der Waals surface area contributed by atoms with Gasteiger partial charge in [-0.15, -0.1) is 0 Å². The van der Waals surface area contributed by atoms with Crippen LogP contribution < -0.4 is 0 Å². The first-order valence-corrected chi connectivity index (χ1v) is 5.77. The minimum atomic E-state index is 1.05. The Hall–Kier alpha value is -0.260. The third-order valence-corrected chi connectivity index (χ3v) is 2.41. The molecule has 0 aromatic rings. The van der Waals surface area contributed by atoms with Gasteiger partial charge in [-0.3, -0.25) is 0 Å². The molecule has 0 fully saturated rings. The lowest BCUT2D eigenvalue weighted by molar-refractivity contribution is 0.622. The summed E-state index contributed by atoms with van der Waals surface area (Å²) in [4.78, 5) is 0. The van der Waals surface area contributed by atoms with E-state index in [1.807, 2.05) is 0 Å². The van der Waals surface area contributed by atoms with Gasteiger partial charge in [-0.05, 0) is 25.7 Å². The second kappa shape index (κ2) is 9.83. The summed E-state index contributed by atoms with van der Waals surface area (Å²) < 4.78 is 0. The lowest BCUT2D eigenvalue weighted by atomic mass is 10.0. The van der Waals surface area contributed by atoms with Crippen molar-refractivity contribution in [3.63, 3.8) is 0 Å². The molecule has 0 aliphatic rings. The number of unbranched alkanes of at least 4 members (excludes halogenated alkanes) is 5. The van der Waals surface area contributed by atoms with Crippen molar-refractivity contribution < 1.29 is 0 Å². The third-order valence-electron chi connectivity index (χ3n) is 2.41. The van der Waals surface area contributed by atoms with Crippen LogP contribution in [0.3, 0.4) is 0 Å². The Morgan fingerprint density at radius 3 is 2.15 bits per heavy atom. The maximum Gasteiger partial charge on any atom is -0.0323 e. The molecular weight excluding hydrogens is 156 g/mol. The van der Waals surface area contributed by atoms with Crippen molar-refractivity contribution in [1.82, 2.24) is 0 Å². The maximum absolute atomic E-state index is 4.08. The van der Waals surface area contributed by atoms with Crippen LogP contribution in [0.1, 0.15) is 64.7 Å². The first kappa shape index (κ1) is 12.7. The monoisotopic (exact) mass is 181 g/mol. The zero-order valence-electron chi connectivity index (χ0n) is 9.28. The zero-order chi connectivity index (χ0) is 9.94. The van der Waals surface area contributed by atoms with E-state index in [1.165, 1.54) is 56.9 Å². The summed E-state index contributed by atoms with van der Waals surface area (Å²) in [5.41, 5.74) is 1.43. The van der Waals surface area contributed by atoms with Crippen LogP contribution in [0.2, 0.25) is 0 Å². The van der Waals surface area contributed by atoms with Gasteiger partial charge in [0, 0.05) is 0 Å². The summed E-state index contributed by atoms with van der Waals surface area (Å²) in [5, 5.41) is 0. The highest BCUT2D eigenvalue weighted by atomic mass is 14.0. The highest BCUT2D eigenvalue weighted by Gasteiger charge is 1.94. The Bertz CT molecular complexity index is 113. The molecule has 0 N–H and O–H groups in total. The van der Waals surface area contributed by atoms with Crippen molar-refractivity contribution >= 4 is 0 Å². The fourth-order valence-corrected chi connectivity index (χ4v) is 1.48. The van der Waals surface area contributed by atoms with Crippen molar-refractivity contribution in [3.8, 4) is 0 Å². The van der Waals surface area contributed by atoms with E-state index < -0.39 is 0 Å². The molecule has 0 bridgehead atoms. The summed E-state index contributed by atoms with van der Waals surface area (Å²) in [7, 11) is 0. The molecule has 0 amide bonds. The van der Waals surface area contributed by atoms with E-state index in [2.05, 4.69) is 20.4 Å². The van der Waals surface area contributed by atoms with Gasteiger partial charge in [0.25, 0.3) is 0 Å². The number of hydrogen-bond acceptors (Lipinski definition) is 0. The standard InChI is InChI=1S/C13H25/c1-4-6-8-9-10-12-13(3)11-7-5-2/h2-12H2,1H3. The highest BCUT2D eigenvalue weighted by Crippen LogP contribution is 2.14. The fourth-order valence-electron chi connectivity index (χ4n) is 1.48. The molecule has 0 aromatic carbocycles. The van der Waals surface area contributed by atoms with Crippen LogP contribution in [-0.2, 0) is 0 Å². The number of rotatable bonds is 9. The highest BCUT2D eigenvalue weighted by molar-refractivity contribution is 4.93. The van der Waals surface area contributed by atoms with Gasteiger partial charge >= 0.3 is 0 Å². The molecule has 0 aliphatic heterocycles. The molecule has 0 saturated heterocycles. The Kier molecular flexibility index (Phi) is 9.63. The normalized spacial score (nSPS) is 10.3. The van der Waals surface area contributed by atoms with E-state index in [1.54, 1.807) is 0 Å². The smallest absolute Gasteiger partial charge is 0.0323 e. The Balaban J connectivity index is 3.08. The minimum Gasteiger partial charge on any atom is -0.0999 e. The molecule has 0 atom stereocenters. The lowest BCUT2D eigenvalue weighted by Crippen LogP contribution is -1.84. The minimum absolute atomic E-state index is 1.05. The number of allylic oxidation sites excluding steroid dienone is 1. The van der Waals surface area contributed by atoms with Gasteiger partial charge in [0.2, 0.25) is 0 Å². The van der Waals surface area contributed by atoms with Crippen molar-refractivity contribution in [2.24, 2.45) is 0 Å². The summed E-state index contributed by atoms with van der Waals surface area (Å²) >= 11 is 0. The van der Waals surface area contributed by atoms with Crippen LogP contribution in [0.25, 0.3) is 0 Å². The number of hydrogen-bond donors (Lipinski definition) is 0. The average molecular weight is 181 g/mol. The molecule has 0 unspecified atom stereocenters. The molecule has 0 saturated carbocycles. The topological polar surface area (TPSA) is 0 Å². The molecule has 0 nitrogen and oxygen atoms in total. The van der Waals surface area contributed by atoms with Gasteiger partial charge in [0.05, 0.1) is 0 Å². The molecule has 0 heteroatoms. The van der Waals surface area contributed by atoms with Gasteiger partial charge < -0.3 is 0 Å². The molecule has 13 heavy (non-hydrogen) atoms. The van der Waals surface area contributed by atoms with E-state index >= 15 is 0 Å². The van der Waals surface area contributed by atoms with E-state index in [0.717, 1.165) is 6.42 Å². The van der Waals surface area contributed by atoms with Gasteiger partial charge in [-0.1, -0.05) is 58.1 Å². The molecule has 0 aliphatic carbocycles. The summed E-state index contributed by atoms with van der Waals surface area (Å²) in [6.07, 6.45) is 11.6. The zero-order valence-corrected chi connectivity index (χ0v) is 9.28. The van der Waals surface area contributed by atoms with E-state index in [-0.39, 0.29) is 0 Å². The van der Waals surface area contributed by atoms with Crippen LogP contribution in [0.15, 0.2) is 12.2 Å². The summed E-state index contributed by atoms with van der Waals surface area (Å²) in [6.45, 7) is 10.2. The van der Waals surface area contributed by atoms with E-state index in [4.69, 9.17) is 0 Å². The molecular formula is C13H25. The van der Waals surface area contributed by atoms with Gasteiger partial charge in [0.1, 0.15) is 0 Å². The molecule has 77 valence electrons. The summed E-state index contributed by atoms with van der Waals surface area (Å²) in [5.74, 6) is 0. The van der Waals surface area contributed by atoms with Crippen molar-refractivity contribution in [1.29, 1.82) is 0 Å². The molecule has 0 aromatic heterocycles. The Morgan fingerprint density at radius 2 is 1.54 bits per heavy atom. The fraction of sp³-hybridized carbons (Fsp3) is 0.769. The second-order valence-electron chi connectivity index (χ2n) is 3.87. The lowest BCUT2D eigenvalue weighted by Gasteiger charge is -2.04. The first-order chi connectivity index (χ1) is 6.31. The SMILES string of the molecule is [CH2]CCCC(=C)CCCCCCC. The average Bonchev–Trinajstić information content (AvgIpc) is 2.14. The first-order valence-electron chi connectivity index (χ1n) is 5.77. The second-order valence-corrected chi connectivity index (χ2v) is 3.87. The molecule has 1 radical (unpaired) electrons. The van der Waals surface area contributed by atoms with Crippen LogP contribution in [-0.4, -0.2) is 0 Å². The van der Waals surface area contributed by atoms with Gasteiger partial charge in [-0.2, -0.15) is 0 Å². The summed E-state index contributed by atoms with van der Waals surface area (Å²) in [6, 6.07) is 0. The van der Waals surface area contributed by atoms with Gasteiger partial charge in [-0.25, -0.2) is 0 Å². The quantitative estimate of drug-likeness (QED) is 0.350. The maximum atomic E-state index is 4.08. The van der Waals surface area contributed by atoms with Gasteiger partial charge in [0.15, 0.2) is 0 Å². The molecule has 0 spiro atoms. The third kappa shape index (κ3) is 9.66. The largest absolute Gasteiger partial charge is 0.0999 e. The van der Waals surface area contributed by atoms with E-state index in [0.29, 0.717) is 0 Å². The predicted octanol–water partition coefficient (Wildman–Crippen LogP) is 4.91. The van der Waals surface area contributed by atoms with Crippen molar-refractivity contribution in [2.75, 3.05) is 0 Å². The van der Waals surface area contributed by atoms with Crippen LogP contribution in [0.5, 0.6) is 0 Å². The predicted molar refractivity (Wildman–Crippen MR) is 61.7 cm³/mol. The Labute approximate surface area is 84.4 Å². The van der Waals surface area contributed by atoms with Crippen LogP contribution >= 0.6 is 0 Å². The Morgan fingerprint density at radius 1 is 0.923 bits per heavy atom.